The van der Waals surface area contributed by atoms with Crippen LogP contribution in [0.2, 0.25) is 0 Å². The molecule has 0 saturated heterocycles. The summed E-state index contributed by atoms with van der Waals surface area (Å²) in [7, 11) is 0. The van der Waals surface area contributed by atoms with Gasteiger partial charge in [0.1, 0.15) is 11.2 Å². The zero-order valence-corrected chi connectivity index (χ0v) is 16.5. The van der Waals surface area contributed by atoms with E-state index in [4.69, 9.17) is 0 Å². The van der Waals surface area contributed by atoms with Crippen LogP contribution < -0.4 is 16.6 Å². The number of amides is 1. The molecule has 7 nitrogen and oxygen atoms in total. The number of hydrogen-bond acceptors (Lipinski definition) is 5. The second-order valence-corrected chi connectivity index (χ2v) is 7.41. The third-order valence-electron chi connectivity index (χ3n) is 4.45. The van der Waals surface area contributed by atoms with E-state index in [2.05, 4.69) is 5.32 Å². The van der Waals surface area contributed by atoms with Crippen LogP contribution in [0.15, 0.2) is 45.3 Å². The van der Waals surface area contributed by atoms with E-state index < -0.39 is 5.69 Å². The first-order valence-corrected chi connectivity index (χ1v) is 9.92. The number of thiophene rings is 1. The number of benzene rings is 1. The van der Waals surface area contributed by atoms with Gasteiger partial charge in [0.25, 0.3) is 5.56 Å². The van der Waals surface area contributed by atoms with Crippen LogP contribution in [0, 0.1) is 0 Å². The number of rotatable bonds is 7. The fourth-order valence-corrected chi connectivity index (χ4v) is 3.77. The number of ketones is 1. The van der Waals surface area contributed by atoms with Crippen molar-refractivity contribution in [1.82, 2.24) is 9.13 Å². The molecular formula is C20H21N3O4S. The molecular weight excluding hydrogens is 378 g/mol. The van der Waals surface area contributed by atoms with Crippen LogP contribution in [-0.2, 0) is 17.9 Å². The SMILES string of the molecule is CCCCn1c(=O)c2sccc2n(CC(=O)Nc2ccc(C(C)=O)cc2)c1=O. The van der Waals surface area contributed by atoms with Gasteiger partial charge in [-0.15, -0.1) is 11.3 Å². The third kappa shape index (κ3) is 3.96. The second kappa shape index (κ2) is 8.35. The molecule has 1 N–H and O–H groups in total. The molecule has 3 aromatic rings. The Kier molecular flexibility index (Phi) is 5.89. The van der Waals surface area contributed by atoms with Gasteiger partial charge in [-0.05, 0) is 49.1 Å². The highest BCUT2D eigenvalue weighted by molar-refractivity contribution is 7.17. The highest BCUT2D eigenvalue weighted by atomic mass is 32.1. The van der Waals surface area contributed by atoms with Crippen LogP contribution in [0.4, 0.5) is 5.69 Å². The largest absolute Gasteiger partial charge is 0.332 e. The molecule has 0 bridgehead atoms. The van der Waals surface area contributed by atoms with Crippen LogP contribution in [0.5, 0.6) is 0 Å². The highest BCUT2D eigenvalue weighted by Gasteiger charge is 2.16. The number of hydrogen-bond donors (Lipinski definition) is 1. The van der Waals surface area contributed by atoms with Gasteiger partial charge < -0.3 is 5.32 Å². The first kappa shape index (κ1) is 19.8. The summed E-state index contributed by atoms with van der Waals surface area (Å²) in [5.41, 5.74) is 0.766. The summed E-state index contributed by atoms with van der Waals surface area (Å²) >= 11 is 1.26. The number of Topliss-reactive ketones (excluding diaryl/α,β-unsaturated/α-hetero) is 1. The maximum Gasteiger partial charge on any atom is 0.332 e. The average molecular weight is 399 g/mol. The summed E-state index contributed by atoms with van der Waals surface area (Å²) in [4.78, 5) is 49.2. The third-order valence-corrected chi connectivity index (χ3v) is 5.34. The lowest BCUT2D eigenvalue weighted by molar-refractivity contribution is -0.116. The molecule has 0 spiro atoms. The van der Waals surface area contributed by atoms with Crippen molar-refractivity contribution in [3.63, 3.8) is 0 Å². The van der Waals surface area contributed by atoms with Crippen molar-refractivity contribution in [3.8, 4) is 0 Å². The van der Waals surface area contributed by atoms with Crippen molar-refractivity contribution in [2.75, 3.05) is 5.32 Å². The first-order chi connectivity index (χ1) is 13.4. The number of nitrogens with one attached hydrogen (secondary N) is 1. The lowest BCUT2D eigenvalue weighted by Crippen LogP contribution is -2.41. The summed E-state index contributed by atoms with van der Waals surface area (Å²) in [6, 6.07) is 8.22. The van der Waals surface area contributed by atoms with Crippen LogP contribution >= 0.6 is 11.3 Å². The summed E-state index contributed by atoms with van der Waals surface area (Å²) in [6.45, 7) is 3.58. The van der Waals surface area contributed by atoms with E-state index in [9.17, 15) is 19.2 Å². The molecule has 2 heterocycles. The van der Waals surface area contributed by atoms with Gasteiger partial charge in [0, 0.05) is 17.8 Å². The number of unbranched alkanes of at least 4 members (excludes halogenated alkanes) is 1. The second-order valence-electron chi connectivity index (χ2n) is 6.50. The zero-order chi connectivity index (χ0) is 20.3. The van der Waals surface area contributed by atoms with E-state index in [0.29, 0.717) is 34.4 Å². The number of fused-ring (bicyclic) bond motifs is 1. The average Bonchev–Trinajstić information content (AvgIpc) is 3.15. The lowest BCUT2D eigenvalue weighted by Gasteiger charge is -2.12. The van der Waals surface area contributed by atoms with Gasteiger partial charge in [-0.3, -0.25) is 23.5 Å². The molecule has 0 fully saturated rings. The van der Waals surface area contributed by atoms with Crippen molar-refractivity contribution >= 4 is 38.9 Å². The fourth-order valence-electron chi connectivity index (χ4n) is 2.93. The Bertz CT molecular complexity index is 1140. The smallest absolute Gasteiger partial charge is 0.325 e. The Balaban J connectivity index is 1.89. The molecule has 8 heteroatoms. The standard InChI is InChI=1S/C20H21N3O4S/c1-3-4-10-22-19(26)18-16(9-11-28-18)23(20(22)27)12-17(25)21-15-7-5-14(6-8-15)13(2)24/h5-9,11H,3-4,10,12H2,1-2H3,(H,21,25). The molecule has 0 saturated carbocycles. The monoisotopic (exact) mass is 399 g/mol. The molecule has 28 heavy (non-hydrogen) atoms. The Morgan fingerprint density at radius 2 is 1.79 bits per heavy atom. The van der Waals surface area contributed by atoms with Gasteiger partial charge in [0.05, 0.1) is 5.52 Å². The summed E-state index contributed by atoms with van der Waals surface area (Å²) in [5.74, 6) is -0.440. The van der Waals surface area contributed by atoms with Gasteiger partial charge in [-0.2, -0.15) is 0 Å². The first-order valence-electron chi connectivity index (χ1n) is 9.04. The topological polar surface area (TPSA) is 90.2 Å². The van der Waals surface area contributed by atoms with Crippen molar-refractivity contribution in [2.24, 2.45) is 0 Å². The molecule has 0 atom stereocenters. The van der Waals surface area contributed by atoms with E-state index in [-0.39, 0.29) is 23.8 Å². The molecule has 0 aliphatic rings. The summed E-state index contributed by atoms with van der Waals surface area (Å²) in [5, 5.41) is 4.46. The maximum atomic E-state index is 12.8. The minimum Gasteiger partial charge on any atom is -0.325 e. The van der Waals surface area contributed by atoms with Gasteiger partial charge >= 0.3 is 5.69 Å². The maximum absolute atomic E-state index is 12.8. The molecule has 0 radical (unpaired) electrons. The predicted octanol–water partition coefficient (Wildman–Crippen LogP) is 2.87. The molecule has 0 aliphatic heterocycles. The number of carbonyl (C=O) groups excluding carboxylic acids is 2. The number of aromatic nitrogens is 2. The lowest BCUT2D eigenvalue weighted by atomic mass is 10.1. The van der Waals surface area contributed by atoms with Crippen molar-refractivity contribution in [1.29, 1.82) is 0 Å². The normalized spacial score (nSPS) is 10.9. The minimum atomic E-state index is -0.480. The van der Waals surface area contributed by atoms with E-state index >= 15 is 0 Å². The zero-order valence-electron chi connectivity index (χ0n) is 15.7. The van der Waals surface area contributed by atoms with E-state index in [0.717, 1.165) is 6.42 Å². The molecule has 1 aromatic carbocycles. The number of carbonyl (C=O) groups is 2. The minimum absolute atomic E-state index is 0.0568. The molecule has 3 rings (SSSR count). The Labute approximate surface area is 165 Å². The van der Waals surface area contributed by atoms with Crippen molar-refractivity contribution in [3.05, 3.63) is 62.1 Å². The van der Waals surface area contributed by atoms with E-state index in [1.165, 1.54) is 27.4 Å². The van der Waals surface area contributed by atoms with Crippen molar-refractivity contribution in [2.45, 2.75) is 39.8 Å². The Morgan fingerprint density at radius 3 is 2.43 bits per heavy atom. The molecule has 146 valence electrons. The Morgan fingerprint density at radius 1 is 1.07 bits per heavy atom. The highest BCUT2D eigenvalue weighted by Crippen LogP contribution is 2.16. The quantitative estimate of drug-likeness (QED) is 0.619. The van der Waals surface area contributed by atoms with Gasteiger partial charge in [-0.25, -0.2) is 4.79 Å². The Hall–Kier alpha value is -3.00. The predicted molar refractivity (Wildman–Crippen MR) is 110 cm³/mol. The van der Waals surface area contributed by atoms with Gasteiger partial charge in [0.2, 0.25) is 5.91 Å². The van der Waals surface area contributed by atoms with E-state index in [1.807, 2.05) is 6.92 Å². The van der Waals surface area contributed by atoms with Gasteiger partial charge in [-0.1, -0.05) is 13.3 Å². The molecule has 0 unspecified atom stereocenters. The van der Waals surface area contributed by atoms with Crippen LogP contribution in [0.1, 0.15) is 37.0 Å². The molecule has 2 aromatic heterocycles. The number of anilines is 1. The number of nitrogens with zero attached hydrogens (tertiary/aromatic N) is 2. The van der Waals surface area contributed by atoms with Crippen LogP contribution in [0.3, 0.4) is 0 Å². The summed E-state index contributed by atoms with van der Waals surface area (Å²) in [6.07, 6.45) is 1.56. The van der Waals surface area contributed by atoms with Crippen molar-refractivity contribution < 1.29 is 9.59 Å². The van der Waals surface area contributed by atoms with E-state index in [1.54, 1.807) is 35.7 Å². The van der Waals surface area contributed by atoms with Gasteiger partial charge in [0.15, 0.2) is 5.78 Å². The summed E-state index contributed by atoms with van der Waals surface area (Å²) < 4.78 is 3.01. The van der Waals surface area contributed by atoms with Crippen LogP contribution in [0.25, 0.3) is 10.2 Å². The van der Waals surface area contributed by atoms with Crippen LogP contribution in [-0.4, -0.2) is 20.8 Å². The fraction of sp³-hybridized carbons (Fsp3) is 0.300. The molecule has 0 aliphatic carbocycles. The molecule has 1 amide bonds.